The summed E-state index contributed by atoms with van der Waals surface area (Å²) in [5, 5.41) is 11.6. The second-order valence-corrected chi connectivity index (χ2v) is 8.93. The van der Waals surface area contributed by atoms with Crippen LogP contribution in [-0.2, 0) is 7.05 Å². The third kappa shape index (κ3) is 3.70. The molecule has 0 aliphatic carbocycles. The van der Waals surface area contributed by atoms with Crippen LogP contribution in [-0.4, -0.2) is 72.0 Å². The van der Waals surface area contributed by atoms with Crippen LogP contribution in [0.25, 0.3) is 11.5 Å². The standard InChI is InChI=1S/C20H23FN10S/c1-13-10-22-19(32-13)16-4-5-25-31(16)14(2)29-6-8-30(9-7-29)20-23-11-15(21)17(27-20)18-24-12-26-28(18)3/h5,10-12,16H,2,4,6-9H2,1,3H3. The van der Waals surface area contributed by atoms with E-state index in [1.165, 1.54) is 22.1 Å². The Labute approximate surface area is 188 Å². The van der Waals surface area contributed by atoms with E-state index in [9.17, 15) is 4.39 Å². The normalized spacial score (nSPS) is 18.6. The predicted molar refractivity (Wildman–Crippen MR) is 119 cm³/mol. The van der Waals surface area contributed by atoms with E-state index in [1.54, 1.807) is 18.4 Å². The van der Waals surface area contributed by atoms with E-state index in [0.717, 1.165) is 30.3 Å². The number of thiazole rings is 1. The van der Waals surface area contributed by atoms with E-state index in [0.29, 0.717) is 24.9 Å². The monoisotopic (exact) mass is 454 g/mol. The van der Waals surface area contributed by atoms with Crippen LogP contribution in [0.2, 0.25) is 0 Å². The van der Waals surface area contributed by atoms with Gasteiger partial charge in [-0.2, -0.15) is 10.2 Å². The average Bonchev–Trinajstić information content (AvgIpc) is 3.55. The predicted octanol–water partition coefficient (Wildman–Crippen LogP) is 2.20. The summed E-state index contributed by atoms with van der Waals surface area (Å²) in [6, 6.07) is 0.0913. The highest BCUT2D eigenvalue weighted by Gasteiger charge is 2.31. The summed E-state index contributed by atoms with van der Waals surface area (Å²) < 4.78 is 15.8. The minimum absolute atomic E-state index is 0.0913. The number of hydrazone groups is 1. The number of rotatable bonds is 5. The lowest BCUT2D eigenvalue weighted by Gasteiger charge is -2.39. The van der Waals surface area contributed by atoms with Gasteiger partial charge in [0.05, 0.1) is 6.20 Å². The van der Waals surface area contributed by atoms with Crippen molar-refractivity contribution >= 4 is 23.5 Å². The molecule has 5 heterocycles. The second kappa shape index (κ2) is 8.26. The summed E-state index contributed by atoms with van der Waals surface area (Å²) in [5.74, 6) is 1.18. The summed E-state index contributed by atoms with van der Waals surface area (Å²) >= 11 is 1.69. The van der Waals surface area contributed by atoms with Crippen LogP contribution in [0.1, 0.15) is 22.3 Å². The van der Waals surface area contributed by atoms with Crippen LogP contribution >= 0.6 is 11.3 Å². The van der Waals surface area contributed by atoms with Crippen molar-refractivity contribution < 1.29 is 4.39 Å². The number of hydrogen-bond acceptors (Lipinski definition) is 10. The Hall–Kier alpha value is -3.41. The molecule has 2 aliphatic rings. The number of nitrogens with zero attached hydrogens (tertiary/aromatic N) is 10. The lowest BCUT2D eigenvalue weighted by atomic mass is 10.2. The first-order chi connectivity index (χ1) is 15.5. The number of aryl methyl sites for hydroxylation is 2. The number of piperazine rings is 1. The van der Waals surface area contributed by atoms with Gasteiger partial charge in [0.15, 0.2) is 11.6 Å². The summed E-state index contributed by atoms with van der Waals surface area (Å²) in [6.45, 7) is 9.19. The Morgan fingerprint density at radius 3 is 2.66 bits per heavy atom. The van der Waals surface area contributed by atoms with Crippen molar-refractivity contribution in [1.82, 2.24) is 39.6 Å². The highest BCUT2D eigenvalue weighted by molar-refractivity contribution is 7.11. The van der Waals surface area contributed by atoms with Crippen LogP contribution in [0.15, 0.2) is 36.2 Å². The Morgan fingerprint density at radius 2 is 1.97 bits per heavy atom. The molecule has 12 heteroatoms. The Bertz CT molecular complexity index is 1160. The highest BCUT2D eigenvalue weighted by atomic mass is 32.1. The van der Waals surface area contributed by atoms with E-state index in [4.69, 9.17) is 0 Å². The van der Waals surface area contributed by atoms with Crippen molar-refractivity contribution in [2.24, 2.45) is 12.1 Å². The SMILES string of the molecule is C=C(N1CCN(c2ncc(F)c(-c3ncnn3C)n2)CC1)N1N=CCC1c1ncc(C)s1. The molecule has 1 saturated heterocycles. The summed E-state index contributed by atoms with van der Waals surface area (Å²) in [4.78, 5) is 22.7. The maximum Gasteiger partial charge on any atom is 0.226 e. The molecule has 166 valence electrons. The first-order valence-electron chi connectivity index (χ1n) is 10.3. The fourth-order valence-corrected chi connectivity index (χ4v) is 4.75. The van der Waals surface area contributed by atoms with Crippen LogP contribution < -0.4 is 4.90 Å². The number of anilines is 1. The zero-order valence-corrected chi connectivity index (χ0v) is 18.7. The van der Waals surface area contributed by atoms with E-state index >= 15 is 0 Å². The molecular formula is C20H23FN10S. The molecule has 3 aromatic rings. The fourth-order valence-electron chi connectivity index (χ4n) is 3.88. The smallest absolute Gasteiger partial charge is 0.226 e. The molecule has 0 spiro atoms. The number of hydrogen-bond donors (Lipinski definition) is 0. The molecule has 2 aliphatic heterocycles. The molecule has 0 saturated carbocycles. The summed E-state index contributed by atoms with van der Waals surface area (Å²) in [5.41, 5.74) is 0.148. The maximum absolute atomic E-state index is 14.3. The fraction of sp³-hybridized carbons (Fsp3) is 0.400. The summed E-state index contributed by atoms with van der Waals surface area (Å²) in [7, 11) is 1.70. The number of halogens is 1. The molecule has 1 atom stereocenters. The Balaban J connectivity index is 1.27. The van der Waals surface area contributed by atoms with Gasteiger partial charge in [-0.3, -0.25) is 0 Å². The van der Waals surface area contributed by atoms with Gasteiger partial charge in [0, 0.05) is 56.9 Å². The third-order valence-corrected chi connectivity index (χ3v) is 6.61. The average molecular weight is 455 g/mol. The van der Waals surface area contributed by atoms with Gasteiger partial charge < -0.3 is 9.80 Å². The lowest BCUT2D eigenvalue weighted by Crippen LogP contribution is -2.48. The zero-order valence-electron chi connectivity index (χ0n) is 17.9. The van der Waals surface area contributed by atoms with Crippen molar-refractivity contribution in [1.29, 1.82) is 0 Å². The largest absolute Gasteiger partial charge is 0.354 e. The minimum Gasteiger partial charge on any atom is -0.354 e. The molecule has 3 aromatic heterocycles. The van der Waals surface area contributed by atoms with Crippen molar-refractivity contribution in [2.75, 3.05) is 31.1 Å². The lowest BCUT2D eigenvalue weighted by molar-refractivity contribution is 0.179. The van der Waals surface area contributed by atoms with Crippen molar-refractivity contribution in [3.8, 4) is 11.5 Å². The van der Waals surface area contributed by atoms with E-state index < -0.39 is 5.82 Å². The van der Waals surface area contributed by atoms with Gasteiger partial charge in [0.1, 0.15) is 28.9 Å². The number of aromatic nitrogens is 6. The van der Waals surface area contributed by atoms with Gasteiger partial charge in [-0.25, -0.2) is 34.0 Å². The molecule has 5 rings (SSSR count). The van der Waals surface area contributed by atoms with Gasteiger partial charge in [-0.05, 0) is 6.92 Å². The van der Waals surface area contributed by atoms with Gasteiger partial charge in [0.25, 0.3) is 0 Å². The molecular weight excluding hydrogens is 431 g/mol. The quantitative estimate of drug-likeness (QED) is 0.580. The summed E-state index contributed by atoms with van der Waals surface area (Å²) in [6.07, 6.45) is 7.21. The Kier molecular flexibility index (Phi) is 5.29. The molecule has 0 aromatic carbocycles. The Morgan fingerprint density at radius 1 is 1.16 bits per heavy atom. The zero-order chi connectivity index (χ0) is 22.2. The van der Waals surface area contributed by atoms with E-state index in [-0.39, 0.29) is 11.7 Å². The van der Waals surface area contributed by atoms with Gasteiger partial charge in [0.2, 0.25) is 5.95 Å². The van der Waals surface area contributed by atoms with Gasteiger partial charge in [-0.15, -0.1) is 11.3 Å². The molecule has 0 bridgehead atoms. The van der Waals surface area contributed by atoms with Crippen molar-refractivity contribution in [3.05, 3.63) is 46.8 Å². The van der Waals surface area contributed by atoms with Crippen molar-refractivity contribution in [3.63, 3.8) is 0 Å². The highest BCUT2D eigenvalue weighted by Crippen LogP contribution is 2.34. The maximum atomic E-state index is 14.3. The first kappa shape index (κ1) is 20.5. The van der Waals surface area contributed by atoms with Crippen LogP contribution in [0, 0.1) is 12.7 Å². The van der Waals surface area contributed by atoms with Gasteiger partial charge >= 0.3 is 0 Å². The second-order valence-electron chi connectivity index (χ2n) is 7.67. The van der Waals surface area contributed by atoms with Crippen LogP contribution in [0.5, 0.6) is 0 Å². The topological polar surface area (TPSA) is 91.5 Å². The molecule has 0 amide bonds. The molecule has 32 heavy (non-hydrogen) atoms. The van der Waals surface area contributed by atoms with Crippen molar-refractivity contribution in [2.45, 2.75) is 19.4 Å². The first-order valence-corrected chi connectivity index (χ1v) is 11.1. The van der Waals surface area contributed by atoms with Gasteiger partial charge in [-0.1, -0.05) is 6.58 Å². The van der Waals surface area contributed by atoms with E-state index in [1.807, 2.05) is 22.3 Å². The molecule has 0 radical (unpaired) electrons. The molecule has 1 unspecified atom stereocenters. The molecule has 10 nitrogen and oxygen atoms in total. The van der Waals surface area contributed by atoms with E-state index in [2.05, 4.69) is 48.5 Å². The third-order valence-electron chi connectivity index (χ3n) is 5.60. The van der Waals surface area contributed by atoms with Crippen LogP contribution in [0.3, 0.4) is 0 Å². The molecule has 1 fully saturated rings. The minimum atomic E-state index is -0.521. The van der Waals surface area contributed by atoms with Crippen LogP contribution in [0.4, 0.5) is 10.3 Å². The molecule has 0 N–H and O–H groups in total.